The van der Waals surface area contributed by atoms with Crippen molar-refractivity contribution in [3.05, 3.63) is 51.7 Å². The van der Waals surface area contributed by atoms with Gasteiger partial charge in [0.2, 0.25) is 0 Å². The first-order valence-corrected chi connectivity index (χ1v) is 6.76. The maximum absolute atomic E-state index is 13.7. The molecule has 0 amide bonds. The highest BCUT2D eigenvalue weighted by Crippen LogP contribution is 2.33. The van der Waals surface area contributed by atoms with Crippen LogP contribution in [0.15, 0.2) is 29.6 Å². The van der Waals surface area contributed by atoms with E-state index in [4.69, 9.17) is 4.74 Å². The number of nitrogens with one attached hydrogen (secondary N) is 1. The molecule has 2 aromatic rings. The van der Waals surface area contributed by atoms with Gasteiger partial charge < -0.3 is 10.1 Å². The maximum Gasteiger partial charge on any atom is 0.134 e. The lowest BCUT2D eigenvalue weighted by atomic mass is 10.0. The Bertz CT molecular complexity index is 556. The van der Waals surface area contributed by atoms with Crippen molar-refractivity contribution in [2.45, 2.75) is 12.5 Å². The highest BCUT2D eigenvalue weighted by molar-refractivity contribution is 7.10. The minimum Gasteiger partial charge on any atom is -0.496 e. The van der Waals surface area contributed by atoms with Gasteiger partial charge in [-0.2, -0.15) is 0 Å². The number of hydrogen-bond donors (Lipinski definition) is 1. The van der Waals surface area contributed by atoms with Crippen LogP contribution >= 0.6 is 11.3 Å². The predicted octanol–water partition coefficient (Wildman–Crippen LogP) is 3.54. The Kier molecular flexibility index (Phi) is 4.50. The summed E-state index contributed by atoms with van der Waals surface area (Å²) >= 11 is 1.55. The largest absolute Gasteiger partial charge is 0.496 e. The van der Waals surface area contributed by atoms with Crippen LogP contribution in [0.2, 0.25) is 0 Å². The molecule has 1 N–H and O–H groups in total. The molecule has 1 aromatic heterocycles. The van der Waals surface area contributed by atoms with Crippen LogP contribution < -0.4 is 10.1 Å². The highest BCUT2D eigenvalue weighted by Gasteiger charge is 2.18. The van der Waals surface area contributed by atoms with E-state index in [9.17, 15) is 8.78 Å². The van der Waals surface area contributed by atoms with E-state index in [0.29, 0.717) is 12.0 Å². The van der Waals surface area contributed by atoms with E-state index in [1.807, 2.05) is 18.5 Å². The van der Waals surface area contributed by atoms with Crippen molar-refractivity contribution >= 4 is 11.3 Å². The average molecular weight is 283 g/mol. The van der Waals surface area contributed by atoms with Gasteiger partial charge in [0.1, 0.15) is 17.4 Å². The molecule has 0 spiro atoms. The molecule has 102 valence electrons. The molecule has 1 unspecified atom stereocenters. The van der Waals surface area contributed by atoms with Crippen molar-refractivity contribution in [2.24, 2.45) is 0 Å². The molecule has 2 rings (SSSR count). The molecule has 0 fully saturated rings. The number of ether oxygens (including phenoxy) is 1. The number of hydrogen-bond acceptors (Lipinski definition) is 3. The van der Waals surface area contributed by atoms with Gasteiger partial charge in [0, 0.05) is 12.1 Å². The van der Waals surface area contributed by atoms with E-state index < -0.39 is 11.6 Å². The van der Waals surface area contributed by atoms with Gasteiger partial charge in [-0.1, -0.05) is 6.07 Å². The van der Waals surface area contributed by atoms with Gasteiger partial charge in [0.25, 0.3) is 0 Å². The Morgan fingerprint density at radius 3 is 2.74 bits per heavy atom. The summed E-state index contributed by atoms with van der Waals surface area (Å²) in [5.74, 6) is -0.293. The van der Waals surface area contributed by atoms with Crippen molar-refractivity contribution in [3.63, 3.8) is 0 Å². The topological polar surface area (TPSA) is 21.3 Å². The smallest absolute Gasteiger partial charge is 0.134 e. The van der Waals surface area contributed by atoms with E-state index in [1.54, 1.807) is 18.4 Å². The van der Waals surface area contributed by atoms with Gasteiger partial charge in [0.15, 0.2) is 0 Å². The second-order valence-corrected chi connectivity index (χ2v) is 5.08. The summed E-state index contributed by atoms with van der Waals surface area (Å²) in [6.45, 7) is 0. The lowest BCUT2D eigenvalue weighted by Gasteiger charge is -2.16. The van der Waals surface area contributed by atoms with Crippen LogP contribution in [0.1, 0.15) is 16.5 Å². The summed E-state index contributed by atoms with van der Waals surface area (Å²) in [6.07, 6.45) is 0.444. The van der Waals surface area contributed by atoms with E-state index in [1.165, 1.54) is 12.1 Å². The van der Waals surface area contributed by atoms with Crippen molar-refractivity contribution in [1.29, 1.82) is 0 Å². The lowest BCUT2D eigenvalue weighted by Crippen LogP contribution is -2.19. The summed E-state index contributed by atoms with van der Waals surface area (Å²) in [7, 11) is 3.42. The first-order valence-electron chi connectivity index (χ1n) is 5.88. The molecule has 1 heterocycles. The normalized spacial score (nSPS) is 12.4. The number of likely N-dealkylation sites (N-methyl/N-ethyl adjacent to an activating group) is 1. The van der Waals surface area contributed by atoms with Crippen LogP contribution in [0.25, 0.3) is 0 Å². The molecule has 0 aliphatic heterocycles. The molecular formula is C14H15F2NOS. The monoisotopic (exact) mass is 283 g/mol. The lowest BCUT2D eigenvalue weighted by molar-refractivity contribution is 0.404. The summed E-state index contributed by atoms with van der Waals surface area (Å²) in [5, 5.41) is 5.07. The third-order valence-electron chi connectivity index (χ3n) is 2.98. The maximum atomic E-state index is 13.7. The summed E-state index contributed by atoms with van der Waals surface area (Å²) in [6, 6.07) is 5.49. The van der Waals surface area contributed by atoms with E-state index >= 15 is 0 Å². The van der Waals surface area contributed by atoms with Gasteiger partial charge in [0.05, 0.1) is 12.0 Å². The first kappa shape index (κ1) is 14.0. The summed E-state index contributed by atoms with van der Waals surface area (Å²) in [4.78, 5) is 1.01. The van der Waals surface area contributed by atoms with Crippen LogP contribution in [-0.2, 0) is 6.42 Å². The number of methoxy groups -OCH3 is 1. The number of thiophene rings is 1. The highest BCUT2D eigenvalue weighted by atomic mass is 32.1. The van der Waals surface area contributed by atoms with Crippen LogP contribution in [-0.4, -0.2) is 14.2 Å². The van der Waals surface area contributed by atoms with Crippen molar-refractivity contribution < 1.29 is 13.5 Å². The number of rotatable bonds is 5. The van der Waals surface area contributed by atoms with Crippen LogP contribution in [0.5, 0.6) is 5.75 Å². The Balaban J connectivity index is 2.24. The Labute approximate surface area is 115 Å². The zero-order valence-electron chi connectivity index (χ0n) is 10.7. The van der Waals surface area contributed by atoms with Crippen LogP contribution in [0.4, 0.5) is 8.78 Å². The molecule has 0 saturated carbocycles. The molecular weight excluding hydrogens is 268 g/mol. The van der Waals surface area contributed by atoms with Crippen molar-refractivity contribution in [3.8, 4) is 5.75 Å². The molecule has 2 nitrogen and oxygen atoms in total. The van der Waals surface area contributed by atoms with E-state index in [-0.39, 0.29) is 6.04 Å². The molecule has 19 heavy (non-hydrogen) atoms. The average Bonchev–Trinajstić information content (AvgIpc) is 2.86. The standard InChI is InChI=1S/C14H15F2NOS/c1-17-12(14-13(18-2)5-6-19-14)7-9-3-4-10(15)8-11(9)16/h3-6,8,12,17H,7H2,1-2H3. The third-order valence-corrected chi connectivity index (χ3v) is 3.99. The molecule has 0 aliphatic carbocycles. The Morgan fingerprint density at radius 1 is 1.32 bits per heavy atom. The quantitative estimate of drug-likeness (QED) is 0.906. The van der Waals surface area contributed by atoms with E-state index in [2.05, 4.69) is 5.32 Å². The number of benzene rings is 1. The van der Waals surface area contributed by atoms with Gasteiger partial charge in [-0.15, -0.1) is 11.3 Å². The predicted molar refractivity (Wildman–Crippen MR) is 72.7 cm³/mol. The number of halogens is 2. The minimum atomic E-state index is -0.559. The van der Waals surface area contributed by atoms with Gasteiger partial charge in [-0.25, -0.2) is 8.78 Å². The zero-order chi connectivity index (χ0) is 13.8. The SMILES string of the molecule is CNC(Cc1ccc(F)cc1F)c1sccc1OC. The molecule has 0 bridgehead atoms. The minimum absolute atomic E-state index is 0.0603. The van der Waals surface area contributed by atoms with Crippen LogP contribution in [0.3, 0.4) is 0 Å². The summed E-state index contributed by atoms with van der Waals surface area (Å²) < 4.78 is 31.8. The molecule has 0 saturated heterocycles. The van der Waals surface area contributed by atoms with Crippen LogP contribution in [0, 0.1) is 11.6 Å². The Morgan fingerprint density at radius 2 is 2.11 bits per heavy atom. The summed E-state index contributed by atoms with van der Waals surface area (Å²) in [5.41, 5.74) is 0.483. The second-order valence-electron chi connectivity index (χ2n) is 4.13. The van der Waals surface area contributed by atoms with Crippen molar-refractivity contribution in [1.82, 2.24) is 5.32 Å². The third kappa shape index (κ3) is 3.11. The van der Waals surface area contributed by atoms with Gasteiger partial charge >= 0.3 is 0 Å². The molecule has 1 aromatic carbocycles. The van der Waals surface area contributed by atoms with E-state index in [0.717, 1.165) is 16.7 Å². The Hall–Kier alpha value is -1.46. The zero-order valence-corrected chi connectivity index (χ0v) is 11.6. The molecule has 1 atom stereocenters. The fraction of sp³-hybridized carbons (Fsp3) is 0.286. The fourth-order valence-corrected chi connectivity index (χ4v) is 2.94. The van der Waals surface area contributed by atoms with Crippen molar-refractivity contribution in [2.75, 3.05) is 14.2 Å². The van der Waals surface area contributed by atoms with Gasteiger partial charge in [-0.3, -0.25) is 0 Å². The van der Waals surface area contributed by atoms with Gasteiger partial charge in [-0.05, 0) is 36.5 Å². The molecule has 0 radical (unpaired) electrons. The molecule has 5 heteroatoms. The fourth-order valence-electron chi connectivity index (χ4n) is 1.96. The first-order chi connectivity index (χ1) is 9.15. The molecule has 0 aliphatic rings. The second kappa shape index (κ2) is 6.12.